The van der Waals surface area contributed by atoms with Crippen LogP contribution in [-0.2, 0) is 0 Å². The van der Waals surface area contributed by atoms with Crippen molar-refractivity contribution in [2.24, 2.45) is 0 Å². The second-order valence-corrected chi connectivity index (χ2v) is 6.10. The topological polar surface area (TPSA) is 67.9 Å². The Bertz CT molecular complexity index is 813. The van der Waals surface area contributed by atoms with Crippen LogP contribution in [0.15, 0.2) is 42.5 Å². The third-order valence-electron chi connectivity index (χ3n) is 4.41. The fraction of sp³-hybridized carbons (Fsp3) is 0.300. The molecule has 3 rings (SSSR count). The fourth-order valence-corrected chi connectivity index (χ4v) is 3.01. The van der Waals surface area contributed by atoms with Crippen molar-refractivity contribution in [3.8, 4) is 11.5 Å². The van der Waals surface area contributed by atoms with Crippen molar-refractivity contribution in [2.75, 3.05) is 32.6 Å². The van der Waals surface area contributed by atoms with Crippen LogP contribution >= 0.6 is 0 Å². The lowest BCUT2D eigenvalue weighted by Crippen LogP contribution is -2.27. The van der Waals surface area contributed by atoms with Gasteiger partial charge in [0.1, 0.15) is 0 Å². The molecule has 0 bridgehead atoms. The molecule has 2 aromatic rings. The van der Waals surface area contributed by atoms with Crippen LogP contribution < -0.4 is 14.8 Å². The van der Waals surface area contributed by atoms with Crippen LogP contribution in [0.5, 0.6) is 11.5 Å². The van der Waals surface area contributed by atoms with Gasteiger partial charge in [-0.1, -0.05) is 6.07 Å². The first-order valence-corrected chi connectivity index (χ1v) is 8.55. The molecule has 1 saturated heterocycles. The summed E-state index contributed by atoms with van der Waals surface area (Å²) in [5.74, 6) is 0.809. The van der Waals surface area contributed by atoms with Gasteiger partial charge in [-0.05, 0) is 43.2 Å². The standard InChI is InChI=1S/C20H22N2O4/c1-25-17-9-8-16(13-18(17)26-2)21-19(23)14-6-5-7-15(12-14)20(24)22-10-3-4-11-22/h5-9,12-13H,3-4,10-11H2,1-2H3,(H,21,23). The van der Waals surface area contributed by atoms with Gasteiger partial charge in [0.2, 0.25) is 0 Å². The number of ether oxygens (including phenoxy) is 2. The number of rotatable bonds is 5. The summed E-state index contributed by atoms with van der Waals surface area (Å²) in [6, 6.07) is 11.9. The van der Waals surface area contributed by atoms with Gasteiger partial charge in [0, 0.05) is 36.0 Å². The van der Waals surface area contributed by atoms with Crippen molar-refractivity contribution in [3.05, 3.63) is 53.6 Å². The second kappa shape index (κ2) is 7.91. The number of benzene rings is 2. The predicted molar refractivity (Wildman–Crippen MR) is 99.1 cm³/mol. The minimum absolute atomic E-state index is 0.0248. The number of hydrogen-bond acceptors (Lipinski definition) is 4. The lowest BCUT2D eigenvalue weighted by molar-refractivity contribution is 0.0793. The summed E-state index contributed by atoms with van der Waals surface area (Å²) in [5.41, 5.74) is 1.56. The molecule has 0 unspecified atom stereocenters. The minimum Gasteiger partial charge on any atom is -0.493 e. The zero-order valence-corrected chi connectivity index (χ0v) is 15.0. The summed E-state index contributed by atoms with van der Waals surface area (Å²) in [6.45, 7) is 1.56. The number of hydrogen-bond donors (Lipinski definition) is 1. The van der Waals surface area contributed by atoms with Crippen molar-refractivity contribution in [1.82, 2.24) is 4.90 Å². The van der Waals surface area contributed by atoms with Gasteiger partial charge in [-0.25, -0.2) is 0 Å². The Labute approximate surface area is 152 Å². The molecule has 0 saturated carbocycles. The smallest absolute Gasteiger partial charge is 0.255 e. The van der Waals surface area contributed by atoms with Gasteiger partial charge in [0.15, 0.2) is 11.5 Å². The molecular formula is C20H22N2O4. The number of nitrogens with zero attached hydrogens (tertiary/aromatic N) is 1. The van der Waals surface area contributed by atoms with E-state index in [1.165, 1.54) is 7.11 Å². The molecule has 0 radical (unpaired) electrons. The van der Waals surface area contributed by atoms with Crippen LogP contribution in [0.4, 0.5) is 5.69 Å². The maximum atomic E-state index is 12.6. The van der Waals surface area contributed by atoms with Crippen LogP contribution in [0.1, 0.15) is 33.6 Å². The molecular weight excluding hydrogens is 332 g/mol. The molecule has 2 amide bonds. The van der Waals surface area contributed by atoms with Gasteiger partial charge in [-0.15, -0.1) is 0 Å². The Morgan fingerprint density at radius 1 is 0.923 bits per heavy atom. The SMILES string of the molecule is COc1ccc(NC(=O)c2cccc(C(=O)N3CCCC3)c2)cc1OC. The number of carbonyl (C=O) groups excluding carboxylic acids is 2. The van der Waals surface area contributed by atoms with Crippen molar-refractivity contribution >= 4 is 17.5 Å². The van der Waals surface area contributed by atoms with Crippen molar-refractivity contribution in [2.45, 2.75) is 12.8 Å². The molecule has 26 heavy (non-hydrogen) atoms. The minimum atomic E-state index is -0.284. The Balaban J connectivity index is 1.76. The van der Waals surface area contributed by atoms with Gasteiger partial charge in [-0.3, -0.25) is 9.59 Å². The summed E-state index contributed by atoms with van der Waals surface area (Å²) < 4.78 is 10.4. The lowest BCUT2D eigenvalue weighted by atomic mass is 10.1. The van der Waals surface area contributed by atoms with E-state index in [4.69, 9.17) is 9.47 Å². The normalized spacial score (nSPS) is 13.4. The largest absolute Gasteiger partial charge is 0.493 e. The highest BCUT2D eigenvalue weighted by Crippen LogP contribution is 2.30. The fourth-order valence-electron chi connectivity index (χ4n) is 3.01. The number of carbonyl (C=O) groups is 2. The molecule has 0 aromatic heterocycles. The quantitative estimate of drug-likeness (QED) is 0.895. The highest BCUT2D eigenvalue weighted by atomic mass is 16.5. The number of likely N-dealkylation sites (tertiary alicyclic amines) is 1. The Hall–Kier alpha value is -3.02. The predicted octanol–water partition coefficient (Wildman–Crippen LogP) is 3.19. The van der Waals surface area contributed by atoms with Crippen LogP contribution in [0, 0.1) is 0 Å². The molecule has 1 aliphatic heterocycles. The molecule has 0 atom stereocenters. The van der Waals surface area contributed by atoms with E-state index in [2.05, 4.69) is 5.32 Å². The van der Waals surface area contributed by atoms with Gasteiger partial charge in [0.05, 0.1) is 14.2 Å². The molecule has 1 N–H and O–H groups in total. The molecule has 136 valence electrons. The second-order valence-electron chi connectivity index (χ2n) is 6.10. The number of nitrogens with one attached hydrogen (secondary N) is 1. The van der Waals surface area contributed by atoms with Gasteiger partial charge >= 0.3 is 0 Å². The Kier molecular flexibility index (Phi) is 5.41. The highest BCUT2D eigenvalue weighted by Gasteiger charge is 2.20. The molecule has 0 spiro atoms. The molecule has 1 heterocycles. The molecule has 6 nitrogen and oxygen atoms in total. The van der Waals surface area contributed by atoms with Crippen LogP contribution in [0.3, 0.4) is 0 Å². The number of amides is 2. The average molecular weight is 354 g/mol. The van der Waals surface area contributed by atoms with E-state index in [1.54, 1.807) is 49.6 Å². The van der Waals surface area contributed by atoms with Crippen LogP contribution in [0.2, 0.25) is 0 Å². The van der Waals surface area contributed by atoms with Crippen molar-refractivity contribution in [1.29, 1.82) is 0 Å². The van der Waals surface area contributed by atoms with E-state index in [1.807, 2.05) is 4.90 Å². The maximum absolute atomic E-state index is 12.6. The molecule has 2 aromatic carbocycles. The number of anilines is 1. The first kappa shape index (κ1) is 17.8. The van der Waals surface area contributed by atoms with E-state index >= 15 is 0 Å². The third-order valence-corrected chi connectivity index (χ3v) is 4.41. The van der Waals surface area contributed by atoms with Gasteiger partial charge in [0.25, 0.3) is 11.8 Å². The molecule has 1 aliphatic rings. The van der Waals surface area contributed by atoms with Crippen molar-refractivity contribution in [3.63, 3.8) is 0 Å². The van der Waals surface area contributed by atoms with E-state index in [0.29, 0.717) is 28.3 Å². The monoisotopic (exact) mass is 354 g/mol. The summed E-state index contributed by atoms with van der Waals surface area (Å²) >= 11 is 0. The Morgan fingerprint density at radius 2 is 1.62 bits per heavy atom. The van der Waals surface area contributed by atoms with Gasteiger partial charge < -0.3 is 19.7 Å². The molecule has 1 fully saturated rings. The molecule has 0 aliphatic carbocycles. The van der Waals surface area contributed by atoms with E-state index in [0.717, 1.165) is 25.9 Å². The summed E-state index contributed by atoms with van der Waals surface area (Å²) in [4.78, 5) is 26.9. The molecule has 6 heteroatoms. The first-order chi connectivity index (χ1) is 12.6. The van der Waals surface area contributed by atoms with E-state index < -0.39 is 0 Å². The summed E-state index contributed by atoms with van der Waals surface area (Å²) in [6.07, 6.45) is 2.07. The van der Waals surface area contributed by atoms with Crippen molar-refractivity contribution < 1.29 is 19.1 Å². The zero-order valence-electron chi connectivity index (χ0n) is 15.0. The van der Waals surface area contributed by atoms with Gasteiger partial charge in [-0.2, -0.15) is 0 Å². The summed E-state index contributed by atoms with van der Waals surface area (Å²) in [5, 5.41) is 2.82. The highest BCUT2D eigenvalue weighted by molar-refractivity contribution is 6.06. The first-order valence-electron chi connectivity index (χ1n) is 8.55. The van der Waals surface area contributed by atoms with Crippen LogP contribution in [-0.4, -0.2) is 44.0 Å². The third kappa shape index (κ3) is 3.79. The van der Waals surface area contributed by atoms with E-state index in [9.17, 15) is 9.59 Å². The van der Waals surface area contributed by atoms with E-state index in [-0.39, 0.29) is 11.8 Å². The average Bonchev–Trinajstić information content (AvgIpc) is 3.22. The Morgan fingerprint density at radius 3 is 2.31 bits per heavy atom. The maximum Gasteiger partial charge on any atom is 0.255 e. The zero-order chi connectivity index (χ0) is 18.5. The van der Waals surface area contributed by atoms with Crippen LogP contribution in [0.25, 0.3) is 0 Å². The summed E-state index contributed by atoms with van der Waals surface area (Å²) in [7, 11) is 3.09. The number of methoxy groups -OCH3 is 2. The lowest BCUT2D eigenvalue weighted by Gasteiger charge is -2.15.